The Morgan fingerprint density at radius 1 is 1.56 bits per heavy atom. The highest BCUT2D eigenvalue weighted by Crippen LogP contribution is 2.13. The quantitative estimate of drug-likeness (QED) is 0.740. The third-order valence-electron chi connectivity index (χ3n) is 2.54. The third kappa shape index (κ3) is 2.23. The summed E-state index contributed by atoms with van der Waals surface area (Å²) in [5.74, 6) is -0.438. The van der Waals surface area contributed by atoms with Crippen LogP contribution in [0.15, 0.2) is 17.5 Å². The third-order valence-corrected chi connectivity index (χ3v) is 3.40. The predicted molar refractivity (Wildman–Crippen MR) is 61.2 cm³/mol. The molecule has 1 atom stereocenters. The van der Waals surface area contributed by atoms with Crippen LogP contribution in [-0.2, 0) is 4.79 Å². The Morgan fingerprint density at radius 3 is 3.00 bits per heavy atom. The van der Waals surface area contributed by atoms with Crippen LogP contribution in [0.2, 0.25) is 0 Å². The van der Waals surface area contributed by atoms with Crippen molar-refractivity contribution in [3.05, 3.63) is 22.4 Å². The Kier molecular flexibility index (Phi) is 3.21. The number of primary amides is 1. The molecule has 0 aromatic carbocycles. The van der Waals surface area contributed by atoms with Crippen molar-refractivity contribution in [2.45, 2.75) is 6.04 Å². The van der Waals surface area contributed by atoms with Gasteiger partial charge in [0.05, 0.1) is 4.88 Å². The van der Waals surface area contributed by atoms with Gasteiger partial charge in [-0.2, -0.15) is 0 Å². The number of nitrogens with two attached hydrogens (primary N) is 1. The van der Waals surface area contributed by atoms with Crippen LogP contribution in [0.5, 0.6) is 0 Å². The minimum Gasteiger partial charge on any atom is -0.368 e. The molecule has 6 heteroatoms. The number of hydrogen-bond donors (Lipinski definition) is 2. The molecule has 1 fully saturated rings. The van der Waals surface area contributed by atoms with E-state index in [0.29, 0.717) is 24.5 Å². The molecule has 1 aromatic heterocycles. The average Bonchev–Trinajstić information content (AvgIpc) is 2.81. The van der Waals surface area contributed by atoms with Crippen LogP contribution >= 0.6 is 11.3 Å². The highest BCUT2D eigenvalue weighted by atomic mass is 32.1. The van der Waals surface area contributed by atoms with Gasteiger partial charge in [-0.25, -0.2) is 0 Å². The van der Waals surface area contributed by atoms with Gasteiger partial charge in [0, 0.05) is 19.6 Å². The van der Waals surface area contributed by atoms with E-state index in [9.17, 15) is 9.59 Å². The maximum absolute atomic E-state index is 12.0. The molecule has 1 aliphatic heterocycles. The molecule has 0 saturated carbocycles. The van der Waals surface area contributed by atoms with Gasteiger partial charge in [0.15, 0.2) is 0 Å². The Morgan fingerprint density at radius 2 is 2.38 bits per heavy atom. The molecular formula is C10H13N3O2S. The second kappa shape index (κ2) is 4.63. The molecule has 0 unspecified atom stereocenters. The van der Waals surface area contributed by atoms with Gasteiger partial charge in [-0.05, 0) is 11.4 Å². The van der Waals surface area contributed by atoms with E-state index < -0.39 is 11.9 Å². The number of piperazine rings is 1. The van der Waals surface area contributed by atoms with E-state index in [-0.39, 0.29) is 5.91 Å². The van der Waals surface area contributed by atoms with E-state index >= 15 is 0 Å². The molecule has 2 rings (SSSR count). The topological polar surface area (TPSA) is 75.4 Å². The number of carbonyl (C=O) groups is 2. The molecule has 3 N–H and O–H groups in total. The van der Waals surface area contributed by atoms with Gasteiger partial charge in [-0.3, -0.25) is 9.59 Å². The molecule has 2 amide bonds. The summed E-state index contributed by atoms with van der Waals surface area (Å²) in [5, 5.41) is 4.85. The molecule has 86 valence electrons. The van der Waals surface area contributed by atoms with Crippen molar-refractivity contribution in [2.24, 2.45) is 5.73 Å². The molecule has 5 nitrogen and oxygen atoms in total. The lowest BCUT2D eigenvalue weighted by Crippen LogP contribution is -2.57. The second-order valence-corrected chi connectivity index (χ2v) is 4.59. The summed E-state index contributed by atoms with van der Waals surface area (Å²) in [6.45, 7) is 1.57. The van der Waals surface area contributed by atoms with Crippen molar-refractivity contribution in [1.29, 1.82) is 0 Å². The first-order valence-corrected chi connectivity index (χ1v) is 5.92. The van der Waals surface area contributed by atoms with Gasteiger partial charge in [0.1, 0.15) is 6.04 Å². The molecular weight excluding hydrogens is 226 g/mol. The molecule has 0 aliphatic carbocycles. The smallest absolute Gasteiger partial charge is 0.264 e. The minimum absolute atomic E-state index is 0.0252. The first kappa shape index (κ1) is 11.1. The molecule has 0 spiro atoms. The fraction of sp³-hybridized carbons (Fsp3) is 0.400. The number of nitrogens with zero attached hydrogens (tertiary/aromatic N) is 1. The monoisotopic (exact) mass is 239 g/mol. The van der Waals surface area contributed by atoms with Crippen LogP contribution in [0.4, 0.5) is 0 Å². The highest BCUT2D eigenvalue weighted by molar-refractivity contribution is 7.12. The normalized spacial score (nSPS) is 20.8. The number of rotatable bonds is 2. The van der Waals surface area contributed by atoms with Crippen LogP contribution in [0, 0.1) is 0 Å². The lowest BCUT2D eigenvalue weighted by atomic mass is 10.2. The summed E-state index contributed by atoms with van der Waals surface area (Å²) < 4.78 is 0. The van der Waals surface area contributed by atoms with Crippen molar-refractivity contribution >= 4 is 23.2 Å². The van der Waals surface area contributed by atoms with Crippen molar-refractivity contribution in [3.8, 4) is 0 Å². The maximum atomic E-state index is 12.0. The van der Waals surface area contributed by atoms with E-state index in [4.69, 9.17) is 5.73 Å². The molecule has 16 heavy (non-hydrogen) atoms. The van der Waals surface area contributed by atoms with Gasteiger partial charge in [-0.15, -0.1) is 11.3 Å². The van der Waals surface area contributed by atoms with Gasteiger partial charge >= 0.3 is 0 Å². The van der Waals surface area contributed by atoms with Crippen molar-refractivity contribution in [2.75, 3.05) is 19.6 Å². The molecule has 1 aromatic rings. The van der Waals surface area contributed by atoms with Crippen molar-refractivity contribution < 1.29 is 9.59 Å². The fourth-order valence-electron chi connectivity index (χ4n) is 1.68. The molecule has 0 radical (unpaired) electrons. The van der Waals surface area contributed by atoms with Crippen LogP contribution in [0.1, 0.15) is 9.67 Å². The Labute approximate surface area is 97.2 Å². The highest BCUT2D eigenvalue weighted by Gasteiger charge is 2.27. The van der Waals surface area contributed by atoms with E-state index in [0.717, 1.165) is 0 Å². The van der Waals surface area contributed by atoms with E-state index in [1.54, 1.807) is 11.0 Å². The summed E-state index contributed by atoms with van der Waals surface area (Å²) >= 11 is 1.41. The minimum atomic E-state index is -0.433. The fourth-order valence-corrected chi connectivity index (χ4v) is 2.37. The lowest BCUT2D eigenvalue weighted by molar-refractivity contribution is -0.120. The number of amides is 2. The van der Waals surface area contributed by atoms with Gasteiger partial charge in [0.2, 0.25) is 5.91 Å². The van der Waals surface area contributed by atoms with Crippen molar-refractivity contribution in [3.63, 3.8) is 0 Å². The first-order chi connectivity index (χ1) is 7.68. The van der Waals surface area contributed by atoms with Gasteiger partial charge < -0.3 is 16.0 Å². The zero-order valence-electron chi connectivity index (χ0n) is 8.68. The van der Waals surface area contributed by atoms with E-state index in [1.165, 1.54) is 11.3 Å². The van der Waals surface area contributed by atoms with Crippen molar-refractivity contribution in [1.82, 2.24) is 10.2 Å². The molecule has 2 heterocycles. The number of thiophene rings is 1. The Hall–Kier alpha value is -1.40. The zero-order chi connectivity index (χ0) is 11.5. The van der Waals surface area contributed by atoms with Gasteiger partial charge in [-0.1, -0.05) is 6.07 Å². The average molecular weight is 239 g/mol. The molecule has 1 aliphatic rings. The standard InChI is InChI=1S/C10H13N3O2S/c11-9(14)7-6-13(4-3-12-7)10(15)8-2-1-5-16-8/h1-2,5,7,12H,3-4,6H2,(H2,11,14)/t7-/m0/s1. The maximum Gasteiger partial charge on any atom is 0.264 e. The number of carbonyl (C=O) groups excluding carboxylic acids is 2. The summed E-state index contributed by atoms with van der Waals surface area (Å²) in [5.41, 5.74) is 5.21. The SMILES string of the molecule is NC(=O)[C@@H]1CN(C(=O)c2cccs2)CCN1. The van der Waals surface area contributed by atoms with Crippen LogP contribution in [0.3, 0.4) is 0 Å². The number of nitrogens with one attached hydrogen (secondary N) is 1. The second-order valence-electron chi connectivity index (χ2n) is 3.64. The summed E-state index contributed by atoms with van der Waals surface area (Å²) in [6.07, 6.45) is 0. The van der Waals surface area contributed by atoms with Crippen LogP contribution in [-0.4, -0.2) is 42.4 Å². The number of hydrogen-bond acceptors (Lipinski definition) is 4. The Bertz CT molecular complexity index is 391. The molecule has 1 saturated heterocycles. The van der Waals surface area contributed by atoms with E-state index in [2.05, 4.69) is 5.32 Å². The summed E-state index contributed by atoms with van der Waals surface area (Å²) in [6, 6.07) is 3.19. The molecule has 0 bridgehead atoms. The predicted octanol–water partition coefficient (Wildman–Crippen LogP) is -0.353. The largest absolute Gasteiger partial charge is 0.368 e. The lowest BCUT2D eigenvalue weighted by Gasteiger charge is -2.31. The van der Waals surface area contributed by atoms with Crippen LogP contribution in [0.25, 0.3) is 0 Å². The Balaban J connectivity index is 2.05. The van der Waals surface area contributed by atoms with Gasteiger partial charge in [0.25, 0.3) is 5.91 Å². The zero-order valence-corrected chi connectivity index (χ0v) is 9.50. The van der Waals surface area contributed by atoms with Crippen LogP contribution < -0.4 is 11.1 Å². The first-order valence-electron chi connectivity index (χ1n) is 5.04. The van der Waals surface area contributed by atoms with E-state index in [1.807, 2.05) is 11.4 Å². The summed E-state index contributed by atoms with van der Waals surface area (Å²) in [7, 11) is 0. The summed E-state index contributed by atoms with van der Waals surface area (Å²) in [4.78, 5) is 25.4.